The van der Waals surface area contributed by atoms with Gasteiger partial charge in [0.25, 0.3) is 0 Å². The Morgan fingerprint density at radius 3 is 2.32 bits per heavy atom. The van der Waals surface area contributed by atoms with Crippen LogP contribution in [0.1, 0.15) is 17.3 Å². The standard InChI is InChI=1S/C20H15BrO7/c1-10(22)27-14-8-12(20(24)26-3)9-15-16(14)18(23)17(21)19(28-15)11-4-6-13(25-2)7-5-11/h4-9H,1-3H3. The van der Waals surface area contributed by atoms with E-state index in [-0.39, 0.29) is 32.5 Å². The summed E-state index contributed by atoms with van der Waals surface area (Å²) in [4.78, 5) is 36.4. The van der Waals surface area contributed by atoms with Crippen LogP contribution in [0.5, 0.6) is 11.5 Å². The molecule has 144 valence electrons. The second-order valence-electron chi connectivity index (χ2n) is 5.74. The van der Waals surface area contributed by atoms with E-state index in [1.165, 1.54) is 26.2 Å². The van der Waals surface area contributed by atoms with Gasteiger partial charge in [0, 0.05) is 12.5 Å². The van der Waals surface area contributed by atoms with Crippen LogP contribution in [-0.4, -0.2) is 26.2 Å². The normalized spacial score (nSPS) is 10.6. The lowest BCUT2D eigenvalue weighted by molar-refractivity contribution is -0.131. The van der Waals surface area contributed by atoms with Gasteiger partial charge in [-0.1, -0.05) is 0 Å². The van der Waals surface area contributed by atoms with Crippen molar-refractivity contribution < 1.29 is 28.2 Å². The van der Waals surface area contributed by atoms with Crippen molar-refractivity contribution in [2.45, 2.75) is 6.92 Å². The molecule has 7 nitrogen and oxygen atoms in total. The highest BCUT2D eigenvalue weighted by Gasteiger charge is 2.21. The van der Waals surface area contributed by atoms with Crippen molar-refractivity contribution in [3.8, 4) is 22.8 Å². The third-order valence-corrected chi connectivity index (χ3v) is 4.65. The van der Waals surface area contributed by atoms with Crippen LogP contribution < -0.4 is 14.9 Å². The molecular weight excluding hydrogens is 432 g/mol. The first kappa shape index (κ1) is 19.6. The number of halogens is 1. The molecule has 0 spiro atoms. The maximum absolute atomic E-state index is 13.0. The van der Waals surface area contributed by atoms with Gasteiger partial charge in [-0.2, -0.15) is 0 Å². The quantitative estimate of drug-likeness (QED) is 0.442. The van der Waals surface area contributed by atoms with Crippen molar-refractivity contribution in [3.63, 3.8) is 0 Å². The summed E-state index contributed by atoms with van der Waals surface area (Å²) in [5, 5.41) is 0.0342. The number of carbonyl (C=O) groups is 2. The highest BCUT2D eigenvalue weighted by molar-refractivity contribution is 9.10. The molecule has 0 aliphatic rings. The van der Waals surface area contributed by atoms with Gasteiger partial charge < -0.3 is 18.6 Å². The fourth-order valence-corrected chi connectivity index (χ4v) is 3.17. The van der Waals surface area contributed by atoms with Crippen molar-refractivity contribution in [1.29, 1.82) is 0 Å². The second-order valence-corrected chi connectivity index (χ2v) is 6.53. The highest BCUT2D eigenvalue weighted by Crippen LogP contribution is 2.34. The van der Waals surface area contributed by atoms with Crippen LogP contribution in [0.4, 0.5) is 0 Å². The van der Waals surface area contributed by atoms with E-state index >= 15 is 0 Å². The van der Waals surface area contributed by atoms with Crippen molar-refractivity contribution in [2.24, 2.45) is 0 Å². The monoisotopic (exact) mass is 446 g/mol. The van der Waals surface area contributed by atoms with Gasteiger partial charge in [0.05, 0.1) is 19.8 Å². The van der Waals surface area contributed by atoms with Gasteiger partial charge in [-0.25, -0.2) is 4.79 Å². The fraction of sp³-hybridized carbons (Fsp3) is 0.150. The lowest BCUT2D eigenvalue weighted by Crippen LogP contribution is -2.11. The van der Waals surface area contributed by atoms with Crippen molar-refractivity contribution in [3.05, 3.63) is 56.7 Å². The molecule has 0 aliphatic carbocycles. The number of benzene rings is 2. The Bertz CT molecular complexity index is 1130. The molecule has 0 bridgehead atoms. The average molecular weight is 447 g/mol. The summed E-state index contributed by atoms with van der Waals surface area (Å²) < 4.78 is 21.0. The van der Waals surface area contributed by atoms with E-state index in [4.69, 9.17) is 18.6 Å². The maximum atomic E-state index is 13.0. The van der Waals surface area contributed by atoms with E-state index in [0.29, 0.717) is 11.3 Å². The average Bonchev–Trinajstić information content (AvgIpc) is 2.69. The Hall–Kier alpha value is -3.13. The van der Waals surface area contributed by atoms with Crippen molar-refractivity contribution >= 4 is 38.8 Å². The first-order chi connectivity index (χ1) is 13.3. The topological polar surface area (TPSA) is 92.0 Å². The van der Waals surface area contributed by atoms with Gasteiger partial charge in [-0.05, 0) is 52.3 Å². The number of methoxy groups -OCH3 is 2. The number of hydrogen-bond acceptors (Lipinski definition) is 7. The zero-order valence-corrected chi connectivity index (χ0v) is 16.8. The molecule has 28 heavy (non-hydrogen) atoms. The summed E-state index contributed by atoms with van der Waals surface area (Å²) in [6.45, 7) is 1.19. The lowest BCUT2D eigenvalue weighted by Gasteiger charge is -2.11. The van der Waals surface area contributed by atoms with Crippen LogP contribution in [0.2, 0.25) is 0 Å². The minimum Gasteiger partial charge on any atom is -0.497 e. The number of hydrogen-bond donors (Lipinski definition) is 0. The van der Waals surface area contributed by atoms with Crippen LogP contribution >= 0.6 is 15.9 Å². The van der Waals surface area contributed by atoms with E-state index in [9.17, 15) is 14.4 Å². The molecule has 0 saturated carbocycles. The minimum absolute atomic E-state index is 0.0342. The molecule has 1 aromatic heterocycles. The Balaban J connectivity index is 2.31. The summed E-state index contributed by atoms with van der Waals surface area (Å²) >= 11 is 3.27. The molecular formula is C20H15BrO7. The summed E-state index contributed by atoms with van der Waals surface area (Å²) in [6, 6.07) is 9.54. The first-order valence-electron chi connectivity index (χ1n) is 8.07. The van der Waals surface area contributed by atoms with Gasteiger partial charge in [0.15, 0.2) is 5.76 Å². The Morgan fingerprint density at radius 2 is 1.75 bits per heavy atom. The van der Waals surface area contributed by atoms with Crippen LogP contribution in [0.3, 0.4) is 0 Å². The van der Waals surface area contributed by atoms with Gasteiger partial charge in [0.1, 0.15) is 26.9 Å². The van der Waals surface area contributed by atoms with Gasteiger partial charge in [-0.3, -0.25) is 9.59 Å². The molecule has 3 aromatic rings. The maximum Gasteiger partial charge on any atom is 0.338 e. The smallest absolute Gasteiger partial charge is 0.338 e. The Kier molecular flexibility index (Phi) is 5.51. The lowest BCUT2D eigenvalue weighted by atomic mass is 10.1. The number of carbonyl (C=O) groups excluding carboxylic acids is 2. The third kappa shape index (κ3) is 3.63. The number of esters is 2. The SMILES string of the molecule is COC(=O)c1cc(OC(C)=O)c2c(=O)c(Br)c(-c3ccc(OC)cc3)oc2c1. The van der Waals surface area contributed by atoms with Crippen LogP contribution in [0, 0.1) is 0 Å². The molecule has 0 aliphatic heterocycles. The zero-order valence-electron chi connectivity index (χ0n) is 15.2. The van der Waals surface area contributed by atoms with E-state index in [2.05, 4.69) is 15.9 Å². The molecule has 0 unspecified atom stereocenters. The summed E-state index contributed by atoms with van der Waals surface area (Å²) in [5.74, 6) is -0.477. The van der Waals surface area contributed by atoms with Crippen molar-refractivity contribution in [2.75, 3.05) is 14.2 Å². The van der Waals surface area contributed by atoms with E-state index in [1.54, 1.807) is 31.4 Å². The highest BCUT2D eigenvalue weighted by atomic mass is 79.9. The molecule has 0 fully saturated rings. The van der Waals surface area contributed by atoms with E-state index < -0.39 is 17.4 Å². The number of fused-ring (bicyclic) bond motifs is 1. The van der Waals surface area contributed by atoms with Crippen molar-refractivity contribution in [1.82, 2.24) is 0 Å². The first-order valence-corrected chi connectivity index (χ1v) is 8.86. The predicted molar refractivity (Wildman–Crippen MR) is 105 cm³/mol. The van der Waals surface area contributed by atoms with E-state index in [0.717, 1.165) is 0 Å². The molecule has 0 N–H and O–H groups in total. The van der Waals surface area contributed by atoms with Gasteiger partial charge in [-0.15, -0.1) is 0 Å². The summed E-state index contributed by atoms with van der Waals surface area (Å²) in [5.41, 5.74) is 0.333. The van der Waals surface area contributed by atoms with Crippen LogP contribution in [0.15, 0.2) is 50.1 Å². The van der Waals surface area contributed by atoms with Crippen LogP contribution in [-0.2, 0) is 9.53 Å². The van der Waals surface area contributed by atoms with Gasteiger partial charge >= 0.3 is 11.9 Å². The molecule has 0 radical (unpaired) electrons. The number of rotatable bonds is 4. The molecule has 3 rings (SSSR count). The predicted octanol–water partition coefficient (Wildman–Crippen LogP) is 3.94. The zero-order chi connectivity index (χ0) is 20.4. The summed E-state index contributed by atoms with van der Waals surface area (Å²) in [7, 11) is 2.77. The molecule has 0 amide bonds. The Morgan fingerprint density at radius 1 is 1.07 bits per heavy atom. The Labute approximate surface area is 167 Å². The number of ether oxygens (including phenoxy) is 3. The molecule has 8 heteroatoms. The largest absolute Gasteiger partial charge is 0.497 e. The molecule has 2 aromatic carbocycles. The molecule has 1 heterocycles. The minimum atomic E-state index is -0.660. The third-order valence-electron chi connectivity index (χ3n) is 3.93. The van der Waals surface area contributed by atoms with E-state index in [1.807, 2.05) is 0 Å². The molecule has 0 saturated heterocycles. The second kappa shape index (κ2) is 7.85. The summed E-state index contributed by atoms with van der Waals surface area (Å²) in [6.07, 6.45) is 0. The molecule has 0 atom stereocenters. The van der Waals surface area contributed by atoms with Gasteiger partial charge in [0.2, 0.25) is 5.43 Å². The van der Waals surface area contributed by atoms with Crippen LogP contribution in [0.25, 0.3) is 22.3 Å². The fourth-order valence-electron chi connectivity index (χ4n) is 2.66.